The smallest absolute Gasteiger partial charge is 0.255 e. The van der Waals surface area contributed by atoms with Crippen LogP contribution in [0.5, 0.6) is 11.5 Å². The zero-order chi connectivity index (χ0) is 15.5. The SMILES string of the molecule is COc1ccc(C)cc1C(=O)N[C@@H]1CCOc2ccccc21. The lowest BCUT2D eigenvalue weighted by molar-refractivity contribution is 0.0921. The molecule has 0 spiro atoms. The van der Waals surface area contributed by atoms with Gasteiger partial charge in [-0.15, -0.1) is 0 Å². The molecule has 1 amide bonds. The number of ether oxygens (including phenoxy) is 2. The van der Waals surface area contributed by atoms with Crippen LogP contribution in [0.4, 0.5) is 0 Å². The molecule has 2 aromatic rings. The highest BCUT2D eigenvalue weighted by molar-refractivity contribution is 5.97. The maximum absolute atomic E-state index is 12.6. The first-order valence-corrected chi connectivity index (χ1v) is 7.36. The fourth-order valence-corrected chi connectivity index (χ4v) is 2.73. The van der Waals surface area contributed by atoms with Gasteiger partial charge in [0, 0.05) is 12.0 Å². The van der Waals surface area contributed by atoms with E-state index in [2.05, 4.69) is 5.32 Å². The van der Waals surface area contributed by atoms with Crippen molar-refractivity contribution in [3.05, 3.63) is 59.2 Å². The summed E-state index contributed by atoms with van der Waals surface area (Å²) in [5, 5.41) is 3.09. The number of carbonyl (C=O) groups excluding carboxylic acids is 1. The van der Waals surface area contributed by atoms with Crippen LogP contribution >= 0.6 is 0 Å². The molecule has 4 nitrogen and oxygen atoms in total. The molecule has 1 aliphatic rings. The van der Waals surface area contributed by atoms with Crippen LogP contribution in [-0.4, -0.2) is 19.6 Å². The molecule has 0 radical (unpaired) electrons. The van der Waals surface area contributed by atoms with Crippen LogP contribution in [0.1, 0.15) is 33.9 Å². The molecule has 3 rings (SSSR count). The summed E-state index contributed by atoms with van der Waals surface area (Å²) in [4.78, 5) is 12.6. The number of carbonyl (C=O) groups is 1. The summed E-state index contributed by atoms with van der Waals surface area (Å²) in [5.74, 6) is 1.31. The summed E-state index contributed by atoms with van der Waals surface area (Å²) in [7, 11) is 1.57. The van der Waals surface area contributed by atoms with Crippen LogP contribution in [0.15, 0.2) is 42.5 Å². The number of nitrogens with one attached hydrogen (secondary N) is 1. The number of benzene rings is 2. The van der Waals surface area contributed by atoms with Crippen LogP contribution in [0.25, 0.3) is 0 Å². The van der Waals surface area contributed by atoms with E-state index in [4.69, 9.17) is 9.47 Å². The number of methoxy groups -OCH3 is 1. The van der Waals surface area contributed by atoms with Gasteiger partial charge in [-0.05, 0) is 25.1 Å². The molecule has 0 fully saturated rings. The maximum atomic E-state index is 12.6. The number of hydrogen-bond acceptors (Lipinski definition) is 3. The summed E-state index contributed by atoms with van der Waals surface area (Å²) in [6.07, 6.45) is 0.761. The van der Waals surface area contributed by atoms with Crippen LogP contribution in [0.3, 0.4) is 0 Å². The number of hydrogen-bond donors (Lipinski definition) is 1. The molecule has 0 saturated carbocycles. The summed E-state index contributed by atoms with van der Waals surface area (Å²) in [6.45, 7) is 2.56. The van der Waals surface area contributed by atoms with Gasteiger partial charge in [-0.3, -0.25) is 4.79 Å². The van der Waals surface area contributed by atoms with Crippen molar-refractivity contribution in [1.29, 1.82) is 0 Å². The average Bonchev–Trinajstić information content (AvgIpc) is 2.55. The zero-order valence-electron chi connectivity index (χ0n) is 12.8. The second-order valence-electron chi connectivity index (χ2n) is 5.40. The zero-order valence-corrected chi connectivity index (χ0v) is 12.8. The number of fused-ring (bicyclic) bond motifs is 1. The fraction of sp³-hybridized carbons (Fsp3) is 0.278. The van der Waals surface area contributed by atoms with E-state index in [1.54, 1.807) is 7.11 Å². The Hall–Kier alpha value is -2.49. The molecular weight excluding hydrogens is 278 g/mol. The largest absolute Gasteiger partial charge is 0.496 e. The second kappa shape index (κ2) is 6.10. The minimum Gasteiger partial charge on any atom is -0.496 e. The standard InChI is InChI=1S/C18H19NO3/c1-12-7-8-16(21-2)14(11-12)18(20)19-15-9-10-22-17-6-4-3-5-13(15)17/h3-8,11,15H,9-10H2,1-2H3,(H,19,20)/t15-/m1/s1. The Morgan fingerprint density at radius 3 is 2.91 bits per heavy atom. The third-order valence-electron chi connectivity index (χ3n) is 3.86. The lowest BCUT2D eigenvalue weighted by Crippen LogP contribution is -2.32. The van der Waals surface area contributed by atoms with E-state index in [-0.39, 0.29) is 11.9 Å². The third-order valence-corrected chi connectivity index (χ3v) is 3.86. The van der Waals surface area contributed by atoms with Gasteiger partial charge in [0.05, 0.1) is 25.3 Å². The Morgan fingerprint density at radius 2 is 2.09 bits per heavy atom. The first-order valence-electron chi connectivity index (χ1n) is 7.36. The Labute approximate surface area is 130 Å². The van der Waals surface area contributed by atoms with E-state index in [0.717, 1.165) is 23.3 Å². The third kappa shape index (κ3) is 2.77. The van der Waals surface area contributed by atoms with E-state index in [9.17, 15) is 4.79 Å². The molecule has 0 saturated heterocycles. The van der Waals surface area contributed by atoms with Crippen molar-refractivity contribution >= 4 is 5.91 Å². The molecule has 22 heavy (non-hydrogen) atoms. The monoisotopic (exact) mass is 297 g/mol. The van der Waals surface area contributed by atoms with Crippen molar-refractivity contribution in [3.8, 4) is 11.5 Å². The van der Waals surface area contributed by atoms with Crippen molar-refractivity contribution in [2.75, 3.05) is 13.7 Å². The van der Waals surface area contributed by atoms with E-state index in [1.165, 1.54) is 0 Å². The van der Waals surface area contributed by atoms with Crippen molar-refractivity contribution < 1.29 is 14.3 Å². The van der Waals surface area contributed by atoms with E-state index in [1.807, 2.05) is 49.4 Å². The van der Waals surface area contributed by atoms with Crippen molar-refractivity contribution in [1.82, 2.24) is 5.32 Å². The molecule has 2 aromatic carbocycles. The Morgan fingerprint density at radius 1 is 1.27 bits per heavy atom. The average molecular weight is 297 g/mol. The highest BCUT2D eigenvalue weighted by Crippen LogP contribution is 2.32. The lowest BCUT2D eigenvalue weighted by Gasteiger charge is -2.26. The van der Waals surface area contributed by atoms with Gasteiger partial charge in [-0.2, -0.15) is 0 Å². The van der Waals surface area contributed by atoms with Gasteiger partial charge in [-0.1, -0.05) is 29.8 Å². The minimum atomic E-state index is -0.123. The van der Waals surface area contributed by atoms with E-state index >= 15 is 0 Å². The molecule has 0 bridgehead atoms. The molecule has 1 aliphatic heterocycles. The predicted octanol–water partition coefficient (Wildman–Crippen LogP) is 3.26. The Kier molecular flexibility index (Phi) is 4.00. The molecule has 1 atom stereocenters. The van der Waals surface area contributed by atoms with E-state index < -0.39 is 0 Å². The quantitative estimate of drug-likeness (QED) is 0.946. The van der Waals surface area contributed by atoms with Crippen molar-refractivity contribution in [2.45, 2.75) is 19.4 Å². The fourth-order valence-electron chi connectivity index (χ4n) is 2.73. The first-order chi connectivity index (χ1) is 10.7. The summed E-state index contributed by atoms with van der Waals surface area (Å²) >= 11 is 0. The summed E-state index contributed by atoms with van der Waals surface area (Å²) < 4.78 is 10.9. The molecule has 1 N–H and O–H groups in total. The molecular formula is C18H19NO3. The van der Waals surface area contributed by atoms with Crippen molar-refractivity contribution in [3.63, 3.8) is 0 Å². The molecule has 1 heterocycles. The number of amides is 1. The predicted molar refractivity (Wildman–Crippen MR) is 84.5 cm³/mol. The second-order valence-corrected chi connectivity index (χ2v) is 5.40. The molecule has 0 unspecified atom stereocenters. The van der Waals surface area contributed by atoms with Crippen LogP contribution in [-0.2, 0) is 0 Å². The van der Waals surface area contributed by atoms with Gasteiger partial charge >= 0.3 is 0 Å². The van der Waals surface area contributed by atoms with Gasteiger partial charge in [0.25, 0.3) is 5.91 Å². The van der Waals surface area contributed by atoms with E-state index in [0.29, 0.717) is 17.9 Å². The molecule has 0 aliphatic carbocycles. The summed E-state index contributed by atoms with van der Waals surface area (Å²) in [5.41, 5.74) is 2.61. The number of rotatable bonds is 3. The minimum absolute atomic E-state index is 0.0392. The summed E-state index contributed by atoms with van der Waals surface area (Å²) in [6, 6.07) is 13.4. The highest BCUT2D eigenvalue weighted by Gasteiger charge is 2.24. The molecule has 4 heteroatoms. The van der Waals surface area contributed by atoms with Gasteiger partial charge in [0.1, 0.15) is 11.5 Å². The normalized spacial score (nSPS) is 16.4. The Bertz CT molecular complexity index is 696. The maximum Gasteiger partial charge on any atom is 0.255 e. The van der Waals surface area contributed by atoms with Crippen LogP contribution in [0, 0.1) is 6.92 Å². The van der Waals surface area contributed by atoms with Crippen LogP contribution in [0.2, 0.25) is 0 Å². The van der Waals surface area contributed by atoms with Gasteiger partial charge in [0.2, 0.25) is 0 Å². The topological polar surface area (TPSA) is 47.6 Å². The first kappa shape index (κ1) is 14.4. The highest BCUT2D eigenvalue weighted by atomic mass is 16.5. The van der Waals surface area contributed by atoms with Gasteiger partial charge in [-0.25, -0.2) is 0 Å². The molecule has 0 aromatic heterocycles. The van der Waals surface area contributed by atoms with Crippen LogP contribution < -0.4 is 14.8 Å². The van der Waals surface area contributed by atoms with Crippen molar-refractivity contribution in [2.24, 2.45) is 0 Å². The Balaban J connectivity index is 1.85. The molecule has 114 valence electrons. The number of aryl methyl sites for hydroxylation is 1. The number of para-hydroxylation sites is 1. The van der Waals surface area contributed by atoms with Gasteiger partial charge in [0.15, 0.2) is 0 Å². The lowest BCUT2D eigenvalue weighted by atomic mass is 10.00. The van der Waals surface area contributed by atoms with Gasteiger partial charge < -0.3 is 14.8 Å².